The van der Waals surface area contributed by atoms with E-state index in [1.165, 1.54) is 7.11 Å². The van der Waals surface area contributed by atoms with E-state index in [0.717, 1.165) is 12.1 Å². The zero-order valence-corrected chi connectivity index (χ0v) is 10.2. The molecule has 0 radical (unpaired) electrons. The van der Waals surface area contributed by atoms with Crippen molar-refractivity contribution in [1.29, 1.82) is 0 Å². The first kappa shape index (κ1) is 13.8. The van der Waals surface area contributed by atoms with Gasteiger partial charge in [-0.1, -0.05) is 0 Å². The van der Waals surface area contributed by atoms with Gasteiger partial charge in [0.15, 0.2) is 17.5 Å². The summed E-state index contributed by atoms with van der Waals surface area (Å²) in [6.07, 6.45) is 0.395. The van der Waals surface area contributed by atoms with Gasteiger partial charge in [-0.25, -0.2) is 13.2 Å². The maximum Gasteiger partial charge on any atom is 0.241 e. The number of ether oxygens (including phenoxy) is 1. The lowest BCUT2D eigenvalue weighted by atomic mass is 10.2. The van der Waals surface area contributed by atoms with Gasteiger partial charge in [0.05, 0.1) is 12.1 Å². The molecule has 1 aliphatic heterocycles. The minimum Gasteiger partial charge on any atom is -0.380 e. The Morgan fingerprint density at radius 2 is 2.00 bits per heavy atom. The van der Waals surface area contributed by atoms with Gasteiger partial charge in [-0.15, -0.1) is 0 Å². The third-order valence-electron chi connectivity index (χ3n) is 2.99. The first-order valence-electron chi connectivity index (χ1n) is 5.73. The molecular weight excluding hydrogens is 261 g/mol. The quantitative estimate of drug-likeness (QED) is 0.820. The summed E-state index contributed by atoms with van der Waals surface area (Å²) >= 11 is 0. The monoisotopic (exact) mass is 274 g/mol. The molecule has 2 atom stereocenters. The fourth-order valence-corrected chi connectivity index (χ4v) is 1.94. The van der Waals surface area contributed by atoms with E-state index in [1.54, 1.807) is 0 Å². The van der Waals surface area contributed by atoms with Crippen molar-refractivity contribution in [3.63, 3.8) is 0 Å². The second-order valence-corrected chi connectivity index (χ2v) is 4.30. The summed E-state index contributed by atoms with van der Waals surface area (Å²) in [5, 5.41) is 5.25. The number of hydrogen-bond donors (Lipinski definition) is 2. The Bertz CT molecular complexity index is 473. The number of rotatable bonds is 3. The zero-order chi connectivity index (χ0) is 14.0. The number of amides is 1. The van der Waals surface area contributed by atoms with E-state index in [4.69, 9.17) is 4.74 Å². The average molecular weight is 274 g/mol. The van der Waals surface area contributed by atoms with Crippen LogP contribution < -0.4 is 10.6 Å². The molecule has 104 valence electrons. The van der Waals surface area contributed by atoms with Gasteiger partial charge in [0, 0.05) is 31.5 Å². The number of methoxy groups -OCH3 is 1. The van der Waals surface area contributed by atoms with Crippen LogP contribution in [-0.4, -0.2) is 31.7 Å². The van der Waals surface area contributed by atoms with Crippen LogP contribution >= 0.6 is 0 Å². The lowest BCUT2D eigenvalue weighted by Crippen LogP contribution is -2.35. The van der Waals surface area contributed by atoms with E-state index in [2.05, 4.69) is 10.6 Å². The van der Waals surface area contributed by atoms with E-state index in [0.29, 0.717) is 13.0 Å². The van der Waals surface area contributed by atoms with Gasteiger partial charge in [-0.2, -0.15) is 0 Å². The van der Waals surface area contributed by atoms with E-state index >= 15 is 0 Å². The molecule has 7 heteroatoms. The highest BCUT2D eigenvalue weighted by molar-refractivity contribution is 5.95. The van der Waals surface area contributed by atoms with Gasteiger partial charge in [0.25, 0.3) is 0 Å². The highest BCUT2D eigenvalue weighted by Crippen LogP contribution is 2.18. The maximum absolute atomic E-state index is 13.0. The molecule has 1 aliphatic rings. The Kier molecular flexibility index (Phi) is 4.06. The standard InChI is InChI=1S/C12H13F3N2O2/c1-19-7-4-10(16-5-7)12(18)17-6-2-8(13)11(15)9(14)3-6/h2-3,7,10,16H,4-5H2,1H3,(H,17,18). The molecule has 4 nitrogen and oxygen atoms in total. The molecule has 0 aromatic heterocycles. The van der Waals surface area contributed by atoms with E-state index < -0.39 is 29.4 Å². The Labute approximate surface area is 107 Å². The van der Waals surface area contributed by atoms with Crippen molar-refractivity contribution >= 4 is 11.6 Å². The summed E-state index contributed by atoms with van der Waals surface area (Å²) in [5.41, 5.74) is -0.121. The van der Waals surface area contributed by atoms with Crippen LogP contribution in [0.3, 0.4) is 0 Å². The van der Waals surface area contributed by atoms with E-state index in [-0.39, 0.29) is 11.8 Å². The third-order valence-corrected chi connectivity index (χ3v) is 2.99. The van der Waals surface area contributed by atoms with Crippen LogP contribution in [0.25, 0.3) is 0 Å². The molecule has 0 spiro atoms. The predicted octanol–water partition coefficient (Wildman–Crippen LogP) is 1.42. The number of nitrogens with one attached hydrogen (secondary N) is 2. The molecule has 19 heavy (non-hydrogen) atoms. The van der Waals surface area contributed by atoms with Crippen LogP contribution in [0.1, 0.15) is 6.42 Å². The van der Waals surface area contributed by atoms with Crippen molar-refractivity contribution < 1.29 is 22.7 Å². The van der Waals surface area contributed by atoms with Crippen molar-refractivity contribution in [2.24, 2.45) is 0 Å². The van der Waals surface area contributed by atoms with Gasteiger partial charge in [0.1, 0.15) is 0 Å². The molecule has 1 amide bonds. The van der Waals surface area contributed by atoms with Gasteiger partial charge >= 0.3 is 0 Å². The largest absolute Gasteiger partial charge is 0.380 e. The van der Waals surface area contributed by atoms with Gasteiger partial charge in [-0.3, -0.25) is 4.79 Å². The van der Waals surface area contributed by atoms with Gasteiger partial charge in [0.2, 0.25) is 5.91 Å². The molecule has 2 N–H and O–H groups in total. The maximum atomic E-state index is 13.0. The fraction of sp³-hybridized carbons (Fsp3) is 0.417. The number of halogens is 3. The Morgan fingerprint density at radius 3 is 2.53 bits per heavy atom. The van der Waals surface area contributed by atoms with Crippen molar-refractivity contribution in [2.45, 2.75) is 18.6 Å². The summed E-state index contributed by atoms with van der Waals surface area (Å²) in [6.45, 7) is 0.528. The minimum atomic E-state index is -1.56. The summed E-state index contributed by atoms with van der Waals surface area (Å²) < 4.78 is 43.8. The first-order chi connectivity index (χ1) is 9.01. The molecule has 2 rings (SSSR count). The minimum absolute atomic E-state index is 0.0718. The number of benzene rings is 1. The smallest absolute Gasteiger partial charge is 0.241 e. The number of hydrogen-bond acceptors (Lipinski definition) is 3. The Morgan fingerprint density at radius 1 is 1.37 bits per heavy atom. The summed E-state index contributed by atoms with van der Waals surface area (Å²) in [7, 11) is 1.54. The summed E-state index contributed by atoms with van der Waals surface area (Å²) in [4.78, 5) is 11.8. The highest BCUT2D eigenvalue weighted by atomic mass is 19.2. The molecule has 2 unspecified atom stereocenters. The van der Waals surface area contributed by atoms with E-state index in [1.807, 2.05) is 0 Å². The lowest BCUT2D eigenvalue weighted by molar-refractivity contribution is -0.118. The van der Waals surface area contributed by atoms with Crippen LogP contribution in [0.15, 0.2) is 12.1 Å². The van der Waals surface area contributed by atoms with E-state index in [9.17, 15) is 18.0 Å². The van der Waals surface area contributed by atoms with Gasteiger partial charge < -0.3 is 15.4 Å². The second-order valence-electron chi connectivity index (χ2n) is 4.30. The highest BCUT2D eigenvalue weighted by Gasteiger charge is 2.29. The van der Waals surface area contributed by atoms with Crippen LogP contribution in [-0.2, 0) is 9.53 Å². The topological polar surface area (TPSA) is 50.4 Å². The van der Waals surface area contributed by atoms with Crippen molar-refractivity contribution in [3.05, 3.63) is 29.6 Å². The van der Waals surface area contributed by atoms with Crippen molar-refractivity contribution in [3.8, 4) is 0 Å². The van der Waals surface area contributed by atoms with Crippen molar-refractivity contribution in [1.82, 2.24) is 5.32 Å². The predicted molar refractivity (Wildman–Crippen MR) is 62.2 cm³/mol. The molecule has 1 aromatic carbocycles. The lowest BCUT2D eigenvalue weighted by Gasteiger charge is -2.11. The summed E-state index contributed by atoms with van der Waals surface area (Å²) in [6, 6.07) is 0.971. The average Bonchev–Trinajstić information content (AvgIpc) is 2.84. The van der Waals surface area contributed by atoms with Crippen molar-refractivity contribution in [2.75, 3.05) is 19.0 Å². The van der Waals surface area contributed by atoms with Crippen LogP contribution in [0.4, 0.5) is 18.9 Å². The number of carbonyl (C=O) groups excluding carboxylic acids is 1. The number of anilines is 1. The normalized spacial score (nSPS) is 22.5. The molecule has 0 aliphatic carbocycles. The van der Waals surface area contributed by atoms with Crippen LogP contribution in [0.5, 0.6) is 0 Å². The third kappa shape index (κ3) is 3.05. The zero-order valence-electron chi connectivity index (χ0n) is 10.2. The molecule has 1 heterocycles. The Balaban J connectivity index is 2.03. The molecule has 1 aromatic rings. The molecule has 1 fully saturated rings. The molecular formula is C12H13F3N2O2. The fourth-order valence-electron chi connectivity index (χ4n) is 1.94. The Hall–Kier alpha value is -1.60. The summed E-state index contributed by atoms with van der Waals surface area (Å²) in [5.74, 6) is -4.68. The molecule has 0 saturated carbocycles. The van der Waals surface area contributed by atoms with Crippen LogP contribution in [0.2, 0.25) is 0 Å². The second kappa shape index (κ2) is 5.58. The molecule has 0 bridgehead atoms. The molecule has 1 saturated heterocycles. The first-order valence-corrected chi connectivity index (χ1v) is 5.73. The SMILES string of the molecule is COC1CNC(C(=O)Nc2cc(F)c(F)c(F)c2)C1. The number of carbonyl (C=O) groups is 1. The van der Waals surface area contributed by atoms with Gasteiger partial charge in [-0.05, 0) is 6.42 Å². The van der Waals surface area contributed by atoms with Crippen LogP contribution in [0, 0.1) is 17.5 Å².